The summed E-state index contributed by atoms with van der Waals surface area (Å²) in [5.41, 5.74) is 0. The van der Waals surface area contributed by atoms with Gasteiger partial charge in [0.05, 0.1) is 6.10 Å². The maximum Gasteiger partial charge on any atom is 0.332 e. The molecule has 1 heterocycles. The zero-order valence-corrected chi connectivity index (χ0v) is 10.8. The molecule has 3 N–H and O–H groups in total. The molecule has 0 aromatic carbocycles. The molecule has 0 aromatic heterocycles. The highest BCUT2D eigenvalue weighted by molar-refractivity contribution is 5.74. The smallest absolute Gasteiger partial charge is 0.332 e. The molecule has 1 saturated heterocycles. The lowest BCUT2D eigenvalue weighted by molar-refractivity contribution is -0.149. The summed E-state index contributed by atoms with van der Waals surface area (Å²) < 4.78 is 5.27. The first-order valence-corrected chi connectivity index (χ1v) is 6.53. The average molecular weight is 258 g/mol. The van der Waals surface area contributed by atoms with Crippen molar-refractivity contribution >= 4 is 12.0 Å². The number of unbranched alkanes of at least 4 members (excludes halogenated alkanes) is 2. The van der Waals surface area contributed by atoms with Gasteiger partial charge in [-0.05, 0) is 19.3 Å². The largest absolute Gasteiger partial charge is 0.479 e. The second kappa shape index (κ2) is 7.92. The number of rotatable bonds is 7. The number of aliphatic carboxylic acids is 1. The van der Waals surface area contributed by atoms with Gasteiger partial charge >= 0.3 is 12.0 Å². The van der Waals surface area contributed by atoms with Crippen LogP contribution in [0.4, 0.5) is 4.79 Å². The van der Waals surface area contributed by atoms with E-state index in [1.807, 2.05) is 0 Å². The highest BCUT2D eigenvalue weighted by Gasteiger charge is 2.30. The third kappa shape index (κ3) is 5.35. The Labute approximate surface area is 107 Å². The molecular formula is C12H22N2O4. The monoisotopic (exact) mass is 258 g/mol. The van der Waals surface area contributed by atoms with Crippen LogP contribution >= 0.6 is 0 Å². The number of hydrogen-bond acceptors (Lipinski definition) is 3. The van der Waals surface area contributed by atoms with E-state index < -0.39 is 12.1 Å². The van der Waals surface area contributed by atoms with Crippen LogP contribution in [0.1, 0.15) is 39.0 Å². The molecule has 6 nitrogen and oxygen atoms in total. The van der Waals surface area contributed by atoms with E-state index in [9.17, 15) is 9.59 Å². The van der Waals surface area contributed by atoms with Crippen LogP contribution in [0.25, 0.3) is 0 Å². The van der Waals surface area contributed by atoms with Gasteiger partial charge in [0.15, 0.2) is 6.10 Å². The molecule has 104 valence electrons. The Balaban J connectivity index is 2.07. The first-order valence-electron chi connectivity index (χ1n) is 6.53. The van der Waals surface area contributed by atoms with Gasteiger partial charge in [0.2, 0.25) is 0 Å². The third-order valence-electron chi connectivity index (χ3n) is 2.94. The number of nitrogens with one attached hydrogen (secondary N) is 2. The Morgan fingerprint density at radius 2 is 2.06 bits per heavy atom. The number of ether oxygens (including phenoxy) is 1. The van der Waals surface area contributed by atoms with Gasteiger partial charge in [0, 0.05) is 13.1 Å². The van der Waals surface area contributed by atoms with E-state index in [1.54, 1.807) is 0 Å². The molecule has 1 aliphatic heterocycles. The van der Waals surface area contributed by atoms with Crippen LogP contribution in [0.5, 0.6) is 0 Å². The molecular weight excluding hydrogens is 236 g/mol. The lowest BCUT2D eigenvalue weighted by Gasteiger charge is -2.12. The van der Waals surface area contributed by atoms with Crippen molar-refractivity contribution in [2.45, 2.75) is 51.2 Å². The van der Waals surface area contributed by atoms with Crippen molar-refractivity contribution in [1.82, 2.24) is 10.6 Å². The molecule has 1 fully saturated rings. The second-order valence-corrected chi connectivity index (χ2v) is 4.51. The minimum Gasteiger partial charge on any atom is -0.479 e. The quantitative estimate of drug-likeness (QED) is 0.597. The summed E-state index contributed by atoms with van der Waals surface area (Å²) in [4.78, 5) is 22.0. The van der Waals surface area contributed by atoms with Gasteiger partial charge in [-0.1, -0.05) is 19.8 Å². The molecule has 1 aliphatic rings. The number of carboxylic acid groups (broad SMARTS) is 1. The predicted molar refractivity (Wildman–Crippen MR) is 66.5 cm³/mol. The zero-order chi connectivity index (χ0) is 13.4. The van der Waals surface area contributed by atoms with E-state index in [2.05, 4.69) is 17.6 Å². The summed E-state index contributed by atoms with van der Waals surface area (Å²) in [6.07, 6.45) is 3.48. The maximum absolute atomic E-state index is 11.4. The molecule has 0 aliphatic carbocycles. The van der Waals surface area contributed by atoms with Gasteiger partial charge in [-0.2, -0.15) is 0 Å². The van der Waals surface area contributed by atoms with Crippen molar-refractivity contribution < 1.29 is 19.4 Å². The Kier molecular flexibility index (Phi) is 6.49. The Morgan fingerprint density at radius 1 is 1.28 bits per heavy atom. The fraction of sp³-hybridized carbons (Fsp3) is 0.833. The zero-order valence-electron chi connectivity index (χ0n) is 10.8. The third-order valence-corrected chi connectivity index (χ3v) is 2.94. The van der Waals surface area contributed by atoms with Gasteiger partial charge in [0.25, 0.3) is 0 Å². The molecule has 1 rings (SSSR count). The molecule has 18 heavy (non-hydrogen) atoms. The number of amides is 2. The van der Waals surface area contributed by atoms with Gasteiger partial charge in [-0.25, -0.2) is 9.59 Å². The molecule has 2 amide bonds. The fourth-order valence-electron chi connectivity index (χ4n) is 1.88. The minimum atomic E-state index is -0.929. The van der Waals surface area contributed by atoms with Crippen molar-refractivity contribution in [2.75, 3.05) is 13.1 Å². The van der Waals surface area contributed by atoms with Gasteiger partial charge in [-0.15, -0.1) is 0 Å². The first-order chi connectivity index (χ1) is 8.63. The Bertz CT molecular complexity index is 283. The van der Waals surface area contributed by atoms with Crippen LogP contribution in [-0.4, -0.2) is 42.4 Å². The van der Waals surface area contributed by atoms with Crippen LogP contribution in [0.15, 0.2) is 0 Å². The molecule has 2 unspecified atom stereocenters. The van der Waals surface area contributed by atoms with Gasteiger partial charge in [0.1, 0.15) is 0 Å². The van der Waals surface area contributed by atoms with Crippen LogP contribution in [0, 0.1) is 0 Å². The van der Waals surface area contributed by atoms with Crippen molar-refractivity contribution in [1.29, 1.82) is 0 Å². The van der Waals surface area contributed by atoms with Crippen molar-refractivity contribution in [3.8, 4) is 0 Å². The predicted octanol–water partition coefficient (Wildman–Crippen LogP) is 1.11. The molecule has 0 radical (unpaired) electrons. The van der Waals surface area contributed by atoms with Crippen molar-refractivity contribution in [3.05, 3.63) is 0 Å². The van der Waals surface area contributed by atoms with Crippen molar-refractivity contribution in [3.63, 3.8) is 0 Å². The SMILES string of the molecule is CCCCCNC(=O)NCC1CCC(C(=O)O)O1. The molecule has 0 saturated carbocycles. The Hall–Kier alpha value is -1.30. The molecule has 2 atom stereocenters. The van der Waals surface area contributed by atoms with Crippen LogP contribution in [0.2, 0.25) is 0 Å². The summed E-state index contributed by atoms with van der Waals surface area (Å²) in [5.74, 6) is -0.929. The topological polar surface area (TPSA) is 87.7 Å². The minimum absolute atomic E-state index is 0.188. The Morgan fingerprint density at radius 3 is 2.67 bits per heavy atom. The van der Waals surface area contributed by atoms with Crippen molar-refractivity contribution in [2.24, 2.45) is 0 Å². The van der Waals surface area contributed by atoms with E-state index in [-0.39, 0.29) is 12.1 Å². The average Bonchev–Trinajstić information content (AvgIpc) is 2.81. The van der Waals surface area contributed by atoms with E-state index >= 15 is 0 Å². The molecule has 0 aromatic rings. The van der Waals surface area contributed by atoms with E-state index in [4.69, 9.17) is 9.84 Å². The highest BCUT2D eigenvalue weighted by Crippen LogP contribution is 2.18. The number of urea groups is 1. The van der Waals surface area contributed by atoms with Crippen LogP contribution in [-0.2, 0) is 9.53 Å². The normalized spacial score (nSPS) is 22.7. The number of carbonyl (C=O) groups excluding carboxylic acids is 1. The lowest BCUT2D eigenvalue weighted by atomic mass is 10.2. The standard InChI is InChI=1S/C12H22N2O4/c1-2-3-4-7-13-12(17)14-8-9-5-6-10(18-9)11(15)16/h9-10H,2-8H2,1H3,(H,15,16)(H2,13,14,17). The van der Waals surface area contributed by atoms with Gasteiger partial charge in [-0.3, -0.25) is 0 Å². The number of carbonyl (C=O) groups is 2. The molecule has 0 spiro atoms. The van der Waals surface area contributed by atoms with Crippen LogP contribution < -0.4 is 10.6 Å². The summed E-state index contributed by atoms with van der Waals surface area (Å²) in [6, 6.07) is -0.214. The lowest BCUT2D eigenvalue weighted by Crippen LogP contribution is -2.40. The molecule has 6 heteroatoms. The number of hydrogen-bond donors (Lipinski definition) is 3. The first kappa shape index (κ1) is 14.8. The maximum atomic E-state index is 11.4. The van der Waals surface area contributed by atoms with E-state index in [0.717, 1.165) is 19.3 Å². The highest BCUT2D eigenvalue weighted by atomic mass is 16.5. The summed E-state index contributed by atoms with van der Waals surface area (Å²) in [7, 11) is 0. The summed E-state index contributed by atoms with van der Waals surface area (Å²) in [5, 5.41) is 14.2. The summed E-state index contributed by atoms with van der Waals surface area (Å²) >= 11 is 0. The summed E-state index contributed by atoms with van der Waals surface area (Å²) in [6.45, 7) is 3.14. The van der Waals surface area contributed by atoms with E-state index in [0.29, 0.717) is 25.9 Å². The number of carboxylic acids is 1. The second-order valence-electron chi connectivity index (χ2n) is 4.51. The van der Waals surface area contributed by atoms with Crippen LogP contribution in [0.3, 0.4) is 0 Å². The fourth-order valence-corrected chi connectivity index (χ4v) is 1.88. The van der Waals surface area contributed by atoms with E-state index in [1.165, 1.54) is 0 Å². The van der Waals surface area contributed by atoms with Gasteiger partial charge < -0.3 is 20.5 Å². The molecule has 0 bridgehead atoms.